The predicted octanol–water partition coefficient (Wildman–Crippen LogP) is 5.67. The average Bonchev–Trinajstić information content (AvgIpc) is 3.09. The number of hydrogen-bond donors (Lipinski definition) is 1. The Bertz CT molecular complexity index is 1280. The van der Waals surface area contributed by atoms with Gasteiger partial charge in [0.25, 0.3) is 0 Å². The van der Waals surface area contributed by atoms with Crippen LogP contribution in [-0.4, -0.2) is 24.6 Å². The van der Waals surface area contributed by atoms with Gasteiger partial charge in [0.2, 0.25) is 5.91 Å². The number of nitrogens with one attached hydrogen (secondary N) is 1. The van der Waals surface area contributed by atoms with E-state index in [4.69, 9.17) is 9.15 Å². The second-order valence-electron chi connectivity index (χ2n) is 6.69. The Morgan fingerprint density at radius 2 is 1.87 bits per heavy atom. The highest BCUT2D eigenvalue weighted by Gasteiger charge is 2.15. The van der Waals surface area contributed by atoms with Gasteiger partial charge in [-0.05, 0) is 31.2 Å². The monoisotopic (exact) mass is 423 g/mol. The second-order valence-corrected chi connectivity index (χ2v) is 7.70. The Kier molecular flexibility index (Phi) is 5.46. The van der Waals surface area contributed by atoms with E-state index in [2.05, 4.69) is 5.32 Å². The first-order chi connectivity index (χ1) is 14.5. The maximum atomic E-state index is 14.1. The maximum absolute atomic E-state index is 14.1. The van der Waals surface area contributed by atoms with Gasteiger partial charge < -0.3 is 14.5 Å². The third kappa shape index (κ3) is 3.89. The summed E-state index contributed by atoms with van der Waals surface area (Å²) in [5, 5.41) is 4.65. The van der Waals surface area contributed by atoms with Crippen molar-refractivity contribution in [2.45, 2.75) is 11.8 Å². The van der Waals surface area contributed by atoms with Crippen LogP contribution in [0.1, 0.15) is 17.3 Å². The van der Waals surface area contributed by atoms with E-state index in [9.17, 15) is 14.0 Å². The summed E-state index contributed by atoms with van der Waals surface area (Å²) in [6.07, 6.45) is 0. The Morgan fingerprint density at radius 1 is 1.07 bits per heavy atom. The first kappa shape index (κ1) is 20.0. The molecule has 1 amide bonds. The first-order valence-corrected chi connectivity index (χ1v) is 10.2. The predicted molar refractivity (Wildman–Crippen MR) is 116 cm³/mol. The van der Waals surface area contributed by atoms with E-state index < -0.39 is 5.82 Å². The maximum Gasteiger partial charge on any atom is 0.234 e. The van der Waals surface area contributed by atoms with E-state index in [1.54, 1.807) is 12.1 Å². The molecular formula is C23H18FNO4S. The number of carbonyl (C=O) groups is 2. The molecule has 4 rings (SSSR count). The third-order valence-electron chi connectivity index (χ3n) is 4.67. The minimum atomic E-state index is -0.526. The van der Waals surface area contributed by atoms with Crippen LogP contribution in [0.5, 0.6) is 5.75 Å². The van der Waals surface area contributed by atoms with E-state index in [0.29, 0.717) is 27.5 Å². The molecule has 0 radical (unpaired) electrons. The number of ketones is 1. The van der Waals surface area contributed by atoms with Crippen molar-refractivity contribution in [1.82, 2.24) is 0 Å². The summed E-state index contributed by atoms with van der Waals surface area (Å²) in [7, 11) is 1.53. The number of furan rings is 1. The second kappa shape index (κ2) is 8.20. The molecule has 152 valence electrons. The van der Waals surface area contributed by atoms with Gasteiger partial charge in [0, 0.05) is 27.3 Å². The van der Waals surface area contributed by atoms with Crippen LogP contribution in [0.2, 0.25) is 0 Å². The molecular weight excluding hydrogens is 405 g/mol. The van der Waals surface area contributed by atoms with E-state index in [0.717, 1.165) is 28.1 Å². The van der Waals surface area contributed by atoms with Gasteiger partial charge in [-0.2, -0.15) is 0 Å². The molecule has 1 heterocycles. The van der Waals surface area contributed by atoms with Crippen molar-refractivity contribution in [2.24, 2.45) is 0 Å². The van der Waals surface area contributed by atoms with E-state index in [1.807, 2.05) is 30.3 Å². The van der Waals surface area contributed by atoms with Crippen molar-refractivity contribution >= 4 is 51.1 Å². The minimum absolute atomic E-state index is 0.00232. The summed E-state index contributed by atoms with van der Waals surface area (Å²) < 4.78 is 25.4. The van der Waals surface area contributed by atoms with Gasteiger partial charge in [0.05, 0.1) is 18.6 Å². The van der Waals surface area contributed by atoms with Crippen LogP contribution in [0.15, 0.2) is 63.9 Å². The number of para-hydroxylation sites is 1. The molecule has 4 aromatic rings. The molecule has 0 aliphatic rings. The molecule has 1 N–H and O–H groups in total. The number of methoxy groups -OCH3 is 1. The molecule has 5 nitrogen and oxygen atoms in total. The highest BCUT2D eigenvalue weighted by Crippen LogP contribution is 2.36. The molecule has 0 atom stereocenters. The summed E-state index contributed by atoms with van der Waals surface area (Å²) >= 11 is 1.05. The molecule has 0 fully saturated rings. The number of anilines is 1. The standard InChI is InChI=1S/C23H18FNO4S/c1-13(26)14-7-8-22(17(24)9-14)30-12-23(27)25-18-11-20-16(10-21(18)28-2)15-5-3-4-6-19(15)29-20/h3-11H,12H2,1-2H3,(H,25,27). The van der Waals surface area contributed by atoms with Crippen molar-refractivity contribution in [2.75, 3.05) is 18.2 Å². The van der Waals surface area contributed by atoms with Crippen molar-refractivity contribution in [3.8, 4) is 5.75 Å². The topological polar surface area (TPSA) is 68.5 Å². The van der Waals surface area contributed by atoms with Gasteiger partial charge in [-0.15, -0.1) is 11.8 Å². The van der Waals surface area contributed by atoms with Crippen molar-refractivity contribution in [3.05, 3.63) is 66.0 Å². The van der Waals surface area contributed by atoms with Crippen molar-refractivity contribution in [1.29, 1.82) is 0 Å². The summed E-state index contributed by atoms with van der Waals surface area (Å²) in [4.78, 5) is 24.1. The number of amides is 1. The van der Waals surface area contributed by atoms with Crippen LogP contribution in [0, 0.1) is 5.82 Å². The number of carbonyl (C=O) groups excluding carboxylic acids is 2. The van der Waals surface area contributed by atoms with Crippen molar-refractivity contribution in [3.63, 3.8) is 0 Å². The Morgan fingerprint density at radius 3 is 2.60 bits per heavy atom. The molecule has 1 aromatic heterocycles. The van der Waals surface area contributed by atoms with Gasteiger partial charge in [0.15, 0.2) is 5.78 Å². The van der Waals surface area contributed by atoms with Gasteiger partial charge in [-0.1, -0.05) is 24.3 Å². The number of ether oxygens (including phenoxy) is 1. The highest BCUT2D eigenvalue weighted by atomic mass is 32.2. The highest BCUT2D eigenvalue weighted by molar-refractivity contribution is 8.00. The number of halogens is 1. The fourth-order valence-electron chi connectivity index (χ4n) is 3.18. The lowest BCUT2D eigenvalue weighted by atomic mass is 10.1. The number of benzene rings is 3. The zero-order valence-electron chi connectivity index (χ0n) is 16.3. The normalized spacial score (nSPS) is 11.0. The molecule has 30 heavy (non-hydrogen) atoms. The van der Waals surface area contributed by atoms with Crippen LogP contribution in [0.3, 0.4) is 0 Å². The molecule has 0 aliphatic carbocycles. The van der Waals surface area contributed by atoms with Crippen LogP contribution in [0.4, 0.5) is 10.1 Å². The summed E-state index contributed by atoms with van der Waals surface area (Å²) in [5.41, 5.74) is 2.15. The summed E-state index contributed by atoms with van der Waals surface area (Å²) in [6.45, 7) is 1.38. The Labute approximate surface area is 176 Å². The Hall–Kier alpha value is -3.32. The first-order valence-electron chi connectivity index (χ1n) is 9.18. The van der Waals surface area contributed by atoms with Gasteiger partial charge in [-0.3, -0.25) is 9.59 Å². The van der Waals surface area contributed by atoms with E-state index in [1.165, 1.54) is 26.2 Å². The molecule has 0 unspecified atom stereocenters. The molecule has 0 bridgehead atoms. The summed E-state index contributed by atoms with van der Waals surface area (Å²) in [6, 6.07) is 15.4. The van der Waals surface area contributed by atoms with Crippen molar-refractivity contribution < 1.29 is 23.1 Å². The summed E-state index contributed by atoms with van der Waals surface area (Å²) in [5.74, 6) is -0.552. The lowest BCUT2D eigenvalue weighted by molar-refractivity contribution is -0.113. The number of hydrogen-bond acceptors (Lipinski definition) is 5. The molecule has 0 aliphatic heterocycles. The fourth-order valence-corrected chi connectivity index (χ4v) is 3.90. The fraction of sp³-hybridized carbons (Fsp3) is 0.130. The zero-order chi connectivity index (χ0) is 21.3. The molecule has 0 saturated heterocycles. The third-order valence-corrected chi connectivity index (χ3v) is 5.72. The Balaban J connectivity index is 1.52. The number of fused-ring (bicyclic) bond motifs is 3. The van der Waals surface area contributed by atoms with E-state index >= 15 is 0 Å². The van der Waals surface area contributed by atoms with Crippen LogP contribution < -0.4 is 10.1 Å². The number of thioether (sulfide) groups is 1. The lowest BCUT2D eigenvalue weighted by Gasteiger charge is -2.10. The smallest absolute Gasteiger partial charge is 0.234 e. The minimum Gasteiger partial charge on any atom is -0.495 e. The van der Waals surface area contributed by atoms with Gasteiger partial charge in [0.1, 0.15) is 22.7 Å². The lowest BCUT2D eigenvalue weighted by Crippen LogP contribution is -2.14. The SMILES string of the molecule is COc1cc2c(cc1NC(=O)CSc1ccc(C(C)=O)cc1F)oc1ccccc12. The van der Waals surface area contributed by atoms with Crippen LogP contribution >= 0.6 is 11.8 Å². The zero-order valence-corrected chi connectivity index (χ0v) is 17.1. The quantitative estimate of drug-likeness (QED) is 0.320. The number of rotatable bonds is 6. The average molecular weight is 423 g/mol. The van der Waals surface area contributed by atoms with E-state index in [-0.39, 0.29) is 17.4 Å². The largest absolute Gasteiger partial charge is 0.495 e. The van der Waals surface area contributed by atoms with Gasteiger partial charge in [-0.25, -0.2) is 4.39 Å². The van der Waals surface area contributed by atoms with Crippen LogP contribution in [0.25, 0.3) is 21.9 Å². The molecule has 0 spiro atoms. The van der Waals surface area contributed by atoms with Crippen LogP contribution in [-0.2, 0) is 4.79 Å². The molecule has 0 saturated carbocycles. The number of Topliss-reactive ketones (excluding diaryl/α,β-unsaturated/α-hetero) is 1. The van der Waals surface area contributed by atoms with Gasteiger partial charge >= 0.3 is 0 Å². The molecule has 7 heteroatoms. The molecule has 3 aromatic carbocycles.